The van der Waals surface area contributed by atoms with Crippen molar-refractivity contribution in [3.8, 4) is 5.75 Å². The summed E-state index contributed by atoms with van der Waals surface area (Å²) >= 11 is 0. The lowest BCUT2D eigenvalue weighted by Crippen LogP contribution is -2.48. The van der Waals surface area contributed by atoms with Crippen LogP contribution in [0.2, 0.25) is 0 Å². The van der Waals surface area contributed by atoms with Gasteiger partial charge in [0, 0.05) is 31.9 Å². The predicted molar refractivity (Wildman–Crippen MR) is 125 cm³/mol. The summed E-state index contributed by atoms with van der Waals surface area (Å²) in [5.74, 6) is -1.39. The standard InChI is InChI=1S/C24H23F2N3O4S/c1-33-18-8-6-17(7-9-18)27-24(30)20-16-19(10-11-21(20)25)34(31,32)29-14-12-28(13-15-29)23-5-3-2-4-22(23)26/h2-11,16H,12-15H2,1H3,(H,27,30). The number of para-hydroxylation sites is 1. The maximum Gasteiger partial charge on any atom is 0.258 e. The topological polar surface area (TPSA) is 78.9 Å². The van der Waals surface area contributed by atoms with Crippen molar-refractivity contribution in [2.45, 2.75) is 4.90 Å². The monoisotopic (exact) mass is 487 g/mol. The molecule has 3 aromatic carbocycles. The molecular formula is C24H23F2N3O4S. The second kappa shape index (κ2) is 9.78. The summed E-state index contributed by atoms with van der Waals surface area (Å²) in [6.07, 6.45) is 0. The number of anilines is 2. The van der Waals surface area contributed by atoms with Crippen molar-refractivity contribution in [3.63, 3.8) is 0 Å². The predicted octanol–water partition coefficient (Wildman–Crippen LogP) is 3.74. The number of amides is 1. The second-order valence-electron chi connectivity index (χ2n) is 7.67. The largest absolute Gasteiger partial charge is 0.497 e. The first-order valence-corrected chi connectivity index (χ1v) is 12.0. The third-order valence-electron chi connectivity index (χ3n) is 5.60. The average Bonchev–Trinajstić information content (AvgIpc) is 2.85. The summed E-state index contributed by atoms with van der Waals surface area (Å²) in [5, 5.41) is 2.55. The molecule has 0 aliphatic carbocycles. The van der Waals surface area contributed by atoms with Crippen LogP contribution in [0.5, 0.6) is 5.75 Å². The number of ether oxygens (including phenoxy) is 1. The molecule has 1 N–H and O–H groups in total. The fraction of sp³-hybridized carbons (Fsp3) is 0.208. The molecule has 1 aliphatic rings. The van der Waals surface area contributed by atoms with Crippen molar-refractivity contribution in [3.05, 3.63) is 83.9 Å². The molecule has 4 rings (SSSR count). The van der Waals surface area contributed by atoms with Gasteiger partial charge in [0.2, 0.25) is 10.0 Å². The summed E-state index contributed by atoms with van der Waals surface area (Å²) in [5.41, 5.74) is 0.434. The SMILES string of the molecule is COc1ccc(NC(=O)c2cc(S(=O)(=O)N3CCN(c4ccccc4F)CC3)ccc2F)cc1. The summed E-state index contributed by atoms with van der Waals surface area (Å²) in [6, 6.07) is 15.9. The molecule has 7 nitrogen and oxygen atoms in total. The van der Waals surface area contributed by atoms with Crippen LogP contribution in [-0.4, -0.2) is 51.9 Å². The second-order valence-corrected chi connectivity index (χ2v) is 9.60. The van der Waals surface area contributed by atoms with Crippen LogP contribution >= 0.6 is 0 Å². The molecule has 1 fully saturated rings. The lowest BCUT2D eigenvalue weighted by atomic mass is 10.2. The highest BCUT2D eigenvalue weighted by Crippen LogP contribution is 2.25. The molecule has 0 unspecified atom stereocenters. The van der Waals surface area contributed by atoms with Gasteiger partial charge in [0.25, 0.3) is 5.91 Å². The van der Waals surface area contributed by atoms with Gasteiger partial charge in [0.15, 0.2) is 0 Å². The normalized spacial score (nSPS) is 14.6. The fourth-order valence-corrected chi connectivity index (χ4v) is 5.19. The molecule has 1 saturated heterocycles. The van der Waals surface area contributed by atoms with Crippen molar-refractivity contribution in [1.29, 1.82) is 0 Å². The number of rotatable bonds is 6. The zero-order chi connectivity index (χ0) is 24.3. The number of hydrogen-bond donors (Lipinski definition) is 1. The van der Waals surface area contributed by atoms with Crippen molar-refractivity contribution < 1.29 is 26.7 Å². The number of piperazine rings is 1. The lowest BCUT2D eigenvalue weighted by Gasteiger charge is -2.35. The number of hydrogen-bond acceptors (Lipinski definition) is 5. The van der Waals surface area contributed by atoms with E-state index >= 15 is 0 Å². The molecule has 0 bridgehead atoms. The molecule has 10 heteroatoms. The molecule has 0 radical (unpaired) electrons. The van der Waals surface area contributed by atoms with Gasteiger partial charge in [-0.2, -0.15) is 4.31 Å². The molecule has 0 aromatic heterocycles. The first-order valence-electron chi connectivity index (χ1n) is 10.5. The number of carbonyl (C=O) groups excluding carboxylic acids is 1. The number of methoxy groups -OCH3 is 1. The molecule has 1 aliphatic heterocycles. The number of sulfonamides is 1. The Morgan fingerprint density at radius 1 is 0.912 bits per heavy atom. The first kappa shape index (κ1) is 23.7. The van der Waals surface area contributed by atoms with E-state index in [9.17, 15) is 22.0 Å². The fourth-order valence-electron chi connectivity index (χ4n) is 3.74. The Kier molecular flexibility index (Phi) is 6.80. The molecule has 34 heavy (non-hydrogen) atoms. The van der Waals surface area contributed by atoms with Gasteiger partial charge in [-0.05, 0) is 54.6 Å². The van der Waals surface area contributed by atoms with E-state index in [0.29, 0.717) is 30.2 Å². The van der Waals surface area contributed by atoms with Crippen molar-refractivity contribution in [2.75, 3.05) is 43.5 Å². The van der Waals surface area contributed by atoms with E-state index in [4.69, 9.17) is 4.74 Å². The van der Waals surface area contributed by atoms with Gasteiger partial charge >= 0.3 is 0 Å². The Hall–Kier alpha value is -3.50. The third kappa shape index (κ3) is 4.87. The highest BCUT2D eigenvalue weighted by molar-refractivity contribution is 7.89. The summed E-state index contributed by atoms with van der Waals surface area (Å²) < 4.78 is 61.2. The van der Waals surface area contributed by atoms with Gasteiger partial charge < -0.3 is 15.0 Å². The van der Waals surface area contributed by atoms with Crippen molar-refractivity contribution >= 4 is 27.3 Å². The summed E-state index contributed by atoms with van der Waals surface area (Å²) in [4.78, 5) is 14.2. The Morgan fingerprint density at radius 3 is 2.24 bits per heavy atom. The number of nitrogens with one attached hydrogen (secondary N) is 1. The van der Waals surface area contributed by atoms with Crippen LogP contribution < -0.4 is 15.0 Å². The number of halogens is 2. The summed E-state index contributed by atoms with van der Waals surface area (Å²) in [7, 11) is -2.47. The van der Waals surface area contributed by atoms with Gasteiger partial charge in [0.05, 0.1) is 23.3 Å². The van der Waals surface area contributed by atoms with Crippen LogP contribution in [-0.2, 0) is 10.0 Å². The van der Waals surface area contributed by atoms with Gasteiger partial charge in [-0.25, -0.2) is 17.2 Å². The minimum Gasteiger partial charge on any atom is -0.497 e. The quantitative estimate of drug-likeness (QED) is 0.573. The number of carbonyl (C=O) groups is 1. The third-order valence-corrected chi connectivity index (χ3v) is 7.49. The van der Waals surface area contributed by atoms with Crippen LogP contribution in [0.3, 0.4) is 0 Å². The van der Waals surface area contributed by atoms with Gasteiger partial charge in [-0.1, -0.05) is 12.1 Å². The van der Waals surface area contributed by atoms with E-state index in [1.54, 1.807) is 47.4 Å². The van der Waals surface area contributed by atoms with Crippen LogP contribution in [0.25, 0.3) is 0 Å². The molecular weight excluding hydrogens is 464 g/mol. The van der Waals surface area contributed by atoms with Crippen LogP contribution in [0.15, 0.2) is 71.6 Å². The maximum atomic E-state index is 14.4. The zero-order valence-electron chi connectivity index (χ0n) is 18.4. The molecule has 3 aromatic rings. The van der Waals surface area contributed by atoms with E-state index in [-0.39, 0.29) is 29.4 Å². The van der Waals surface area contributed by atoms with Gasteiger partial charge in [-0.15, -0.1) is 0 Å². The molecule has 1 heterocycles. The van der Waals surface area contributed by atoms with E-state index in [0.717, 1.165) is 18.2 Å². The van der Waals surface area contributed by atoms with E-state index in [1.165, 1.54) is 17.5 Å². The van der Waals surface area contributed by atoms with Crippen LogP contribution in [0.4, 0.5) is 20.2 Å². The molecule has 0 saturated carbocycles. The smallest absolute Gasteiger partial charge is 0.258 e. The average molecular weight is 488 g/mol. The highest BCUT2D eigenvalue weighted by Gasteiger charge is 2.30. The van der Waals surface area contributed by atoms with E-state index in [1.807, 2.05) is 0 Å². The zero-order valence-corrected chi connectivity index (χ0v) is 19.2. The van der Waals surface area contributed by atoms with Crippen molar-refractivity contribution in [2.24, 2.45) is 0 Å². The minimum absolute atomic E-state index is 0.126. The van der Waals surface area contributed by atoms with E-state index < -0.39 is 21.7 Å². The molecule has 1 amide bonds. The molecule has 0 atom stereocenters. The van der Waals surface area contributed by atoms with Crippen molar-refractivity contribution in [1.82, 2.24) is 4.31 Å². The summed E-state index contributed by atoms with van der Waals surface area (Å²) in [6.45, 7) is 0.848. The number of nitrogens with zero attached hydrogens (tertiary/aromatic N) is 2. The van der Waals surface area contributed by atoms with Crippen LogP contribution in [0, 0.1) is 11.6 Å². The maximum absolute atomic E-state index is 14.4. The highest BCUT2D eigenvalue weighted by atomic mass is 32.2. The van der Waals surface area contributed by atoms with Crippen LogP contribution in [0.1, 0.15) is 10.4 Å². The Bertz CT molecular complexity index is 1290. The Balaban J connectivity index is 1.49. The Labute approximate surface area is 196 Å². The molecule has 178 valence electrons. The lowest BCUT2D eigenvalue weighted by molar-refractivity contribution is 0.102. The van der Waals surface area contributed by atoms with Gasteiger partial charge in [0.1, 0.15) is 17.4 Å². The number of benzene rings is 3. The van der Waals surface area contributed by atoms with E-state index in [2.05, 4.69) is 5.32 Å². The Morgan fingerprint density at radius 2 is 1.59 bits per heavy atom. The first-order chi connectivity index (χ1) is 16.3. The minimum atomic E-state index is -3.98. The van der Waals surface area contributed by atoms with Gasteiger partial charge in [-0.3, -0.25) is 4.79 Å². The molecule has 0 spiro atoms.